The van der Waals surface area contributed by atoms with E-state index in [9.17, 15) is 14.4 Å². The molecule has 4 amide bonds. The van der Waals surface area contributed by atoms with Crippen molar-refractivity contribution in [2.45, 2.75) is 26.8 Å². The summed E-state index contributed by atoms with van der Waals surface area (Å²) < 4.78 is 0. The minimum absolute atomic E-state index is 0.0208. The number of carbonyl (C=O) groups is 3. The number of benzene rings is 2. The van der Waals surface area contributed by atoms with E-state index in [1.165, 1.54) is 6.92 Å². The van der Waals surface area contributed by atoms with Crippen LogP contribution in [-0.2, 0) is 4.79 Å². The summed E-state index contributed by atoms with van der Waals surface area (Å²) in [6.45, 7) is 5.11. The minimum Gasteiger partial charge on any atom is -0.336 e. The SMILES string of the molecule is CC(=O)Nc1cccc(NC(=O)c2ccccc2NC(=O)NC(C)C)c1. The summed E-state index contributed by atoms with van der Waals surface area (Å²) in [5, 5.41) is 10.8. The highest BCUT2D eigenvalue weighted by molar-refractivity contribution is 6.10. The predicted octanol–water partition coefficient (Wildman–Crippen LogP) is 3.43. The lowest BCUT2D eigenvalue weighted by Crippen LogP contribution is -2.34. The summed E-state index contributed by atoms with van der Waals surface area (Å²) in [5.41, 5.74) is 1.85. The van der Waals surface area contributed by atoms with Crippen LogP contribution < -0.4 is 21.3 Å². The third kappa shape index (κ3) is 5.62. The molecular formula is C19H22N4O3. The largest absolute Gasteiger partial charge is 0.336 e. The molecule has 0 heterocycles. The lowest BCUT2D eigenvalue weighted by molar-refractivity contribution is -0.114. The molecule has 0 radical (unpaired) electrons. The van der Waals surface area contributed by atoms with E-state index in [-0.39, 0.29) is 23.9 Å². The van der Waals surface area contributed by atoms with E-state index in [2.05, 4.69) is 21.3 Å². The Morgan fingerprint density at radius 3 is 2.15 bits per heavy atom. The Labute approximate surface area is 152 Å². The van der Waals surface area contributed by atoms with Gasteiger partial charge in [-0.1, -0.05) is 18.2 Å². The maximum Gasteiger partial charge on any atom is 0.319 e. The summed E-state index contributed by atoms with van der Waals surface area (Å²) in [4.78, 5) is 35.7. The number of para-hydroxylation sites is 1. The van der Waals surface area contributed by atoms with E-state index in [4.69, 9.17) is 0 Å². The standard InChI is InChI=1S/C19H22N4O3/c1-12(2)20-19(26)23-17-10-5-4-9-16(17)18(25)22-15-8-6-7-14(11-15)21-13(3)24/h4-12H,1-3H3,(H,21,24)(H,22,25)(H2,20,23,26). The molecule has 0 saturated carbocycles. The highest BCUT2D eigenvalue weighted by Gasteiger charge is 2.14. The second-order valence-corrected chi connectivity index (χ2v) is 6.01. The first-order valence-corrected chi connectivity index (χ1v) is 8.20. The molecule has 0 aliphatic rings. The van der Waals surface area contributed by atoms with Gasteiger partial charge in [0.1, 0.15) is 0 Å². The van der Waals surface area contributed by atoms with Gasteiger partial charge in [-0.15, -0.1) is 0 Å². The number of amides is 4. The first kappa shape index (κ1) is 19.0. The van der Waals surface area contributed by atoms with Crippen LogP contribution in [0.3, 0.4) is 0 Å². The van der Waals surface area contributed by atoms with Crippen LogP contribution in [-0.4, -0.2) is 23.9 Å². The Bertz CT molecular complexity index is 818. The first-order chi connectivity index (χ1) is 12.3. The fourth-order valence-corrected chi connectivity index (χ4v) is 2.29. The molecule has 26 heavy (non-hydrogen) atoms. The summed E-state index contributed by atoms with van der Waals surface area (Å²) in [5.74, 6) is -0.565. The van der Waals surface area contributed by atoms with Crippen molar-refractivity contribution in [1.82, 2.24) is 5.32 Å². The number of nitrogens with one attached hydrogen (secondary N) is 4. The molecule has 0 unspecified atom stereocenters. The minimum atomic E-state index is -0.382. The topological polar surface area (TPSA) is 99.3 Å². The van der Waals surface area contributed by atoms with Gasteiger partial charge in [-0.25, -0.2) is 4.79 Å². The molecule has 136 valence electrons. The molecule has 0 atom stereocenters. The summed E-state index contributed by atoms with van der Waals surface area (Å²) in [6.07, 6.45) is 0. The quantitative estimate of drug-likeness (QED) is 0.662. The molecular weight excluding hydrogens is 332 g/mol. The van der Waals surface area contributed by atoms with Gasteiger partial charge in [0, 0.05) is 24.3 Å². The summed E-state index contributed by atoms with van der Waals surface area (Å²) in [7, 11) is 0. The summed E-state index contributed by atoms with van der Waals surface area (Å²) in [6, 6.07) is 13.1. The van der Waals surface area contributed by atoms with E-state index < -0.39 is 0 Å². The van der Waals surface area contributed by atoms with Crippen molar-refractivity contribution >= 4 is 34.9 Å². The van der Waals surface area contributed by atoms with Crippen molar-refractivity contribution in [3.05, 3.63) is 54.1 Å². The zero-order valence-electron chi connectivity index (χ0n) is 14.9. The first-order valence-electron chi connectivity index (χ1n) is 8.20. The Hall–Kier alpha value is -3.35. The average molecular weight is 354 g/mol. The van der Waals surface area contributed by atoms with Gasteiger partial charge in [0.25, 0.3) is 5.91 Å². The molecule has 0 saturated heterocycles. The van der Waals surface area contributed by atoms with Crippen LogP contribution in [0.4, 0.5) is 21.9 Å². The van der Waals surface area contributed by atoms with Crippen LogP contribution in [0, 0.1) is 0 Å². The van der Waals surface area contributed by atoms with E-state index in [0.29, 0.717) is 22.6 Å². The Morgan fingerprint density at radius 2 is 1.50 bits per heavy atom. The fraction of sp³-hybridized carbons (Fsp3) is 0.211. The molecule has 0 fully saturated rings. The van der Waals surface area contributed by atoms with Crippen molar-refractivity contribution in [3.8, 4) is 0 Å². The zero-order valence-corrected chi connectivity index (χ0v) is 14.9. The number of carbonyl (C=O) groups excluding carboxylic acids is 3. The molecule has 4 N–H and O–H groups in total. The second kappa shape index (κ2) is 8.66. The monoisotopic (exact) mass is 354 g/mol. The maximum absolute atomic E-state index is 12.6. The van der Waals surface area contributed by atoms with Crippen molar-refractivity contribution < 1.29 is 14.4 Å². The lowest BCUT2D eigenvalue weighted by Gasteiger charge is -2.14. The number of anilines is 3. The van der Waals surface area contributed by atoms with Crippen molar-refractivity contribution in [2.24, 2.45) is 0 Å². The number of hydrogen-bond acceptors (Lipinski definition) is 3. The van der Waals surface area contributed by atoms with Gasteiger partial charge in [-0.05, 0) is 44.2 Å². The van der Waals surface area contributed by atoms with Crippen molar-refractivity contribution in [2.75, 3.05) is 16.0 Å². The Kier molecular flexibility index (Phi) is 6.32. The van der Waals surface area contributed by atoms with E-state index in [0.717, 1.165) is 0 Å². The zero-order chi connectivity index (χ0) is 19.1. The van der Waals surface area contributed by atoms with Crippen molar-refractivity contribution in [1.29, 1.82) is 0 Å². The third-order valence-electron chi connectivity index (χ3n) is 3.28. The van der Waals surface area contributed by atoms with Crippen LogP contribution in [0.2, 0.25) is 0 Å². The van der Waals surface area contributed by atoms with Gasteiger partial charge in [-0.2, -0.15) is 0 Å². The highest BCUT2D eigenvalue weighted by atomic mass is 16.2. The third-order valence-corrected chi connectivity index (χ3v) is 3.28. The molecule has 2 aromatic rings. The van der Waals surface area contributed by atoms with Crippen LogP contribution in [0.1, 0.15) is 31.1 Å². The van der Waals surface area contributed by atoms with E-state index in [1.807, 2.05) is 13.8 Å². The number of rotatable bonds is 5. The van der Waals surface area contributed by atoms with Crippen LogP contribution >= 0.6 is 0 Å². The van der Waals surface area contributed by atoms with E-state index in [1.54, 1.807) is 48.5 Å². The molecule has 0 aliphatic heterocycles. The van der Waals surface area contributed by atoms with Gasteiger partial charge >= 0.3 is 6.03 Å². The fourth-order valence-electron chi connectivity index (χ4n) is 2.29. The predicted molar refractivity (Wildman–Crippen MR) is 102 cm³/mol. The van der Waals surface area contributed by atoms with Crippen LogP contribution in [0.15, 0.2) is 48.5 Å². The van der Waals surface area contributed by atoms with Gasteiger partial charge in [0.2, 0.25) is 5.91 Å². The van der Waals surface area contributed by atoms with Crippen LogP contribution in [0.25, 0.3) is 0 Å². The molecule has 2 rings (SSSR count). The maximum atomic E-state index is 12.6. The summed E-state index contributed by atoms with van der Waals surface area (Å²) >= 11 is 0. The second-order valence-electron chi connectivity index (χ2n) is 6.01. The lowest BCUT2D eigenvalue weighted by atomic mass is 10.1. The normalized spacial score (nSPS) is 10.2. The molecule has 2 aromatic carbocycles. The number of hydrogen-bond donors (Lipinski definition) is 4. The van der Waals surface area contributed by atoms with Crippen molar-refractivity contribution in [3.63, 3.8) is 0 Å². The van der Waals surface area contributed by atoms with E-state index >= 15 is 0 Å². The molecule has 0 spiro atoms. The molecule has 7 heteroatoms. The number of urea groups is 1. The average Bonchev–Trinajstić information content (AvgIpc) is 2.54. The Morgan fingerprint density at radius 1 is 0.846 bits per heavy atom. The molecule has 0 aromatic heterocycles. The Balaban J connectivity index is 2.15. The van der Waals surface area contributed by atoms with Gasteiger partial charge in [0.15, 0.2) is 0 Å². The molecule has 0 bridgehead atoms. The van der Waals surface area contributed by atoms with Gasteiger partial charge in [0.05, 0.1) is 11.3 Å². The molecule has 7 nitrogen and oxygen atoms in total. The van der Waals surface area contributed by atoms with Gasteiger partial charge < -0.3 is 21.3 Å². The van der Waals surface area contributed by atoms with Gasteiger partial charge in [-0.3, -0.25) is 9.59 Å². The molecule has 0 aliphatic carbocycles. The highest BCUT2D eigenvalue weighted by Crippen LogP contribution is 2.19. The van der Waals surface area contributed by atoms with Crippen LogP contribution in [0.5, 0.6) is 0 Å². The smallest absolute Gasteiger partial charge is 0.319 e.